The third-order valence-corrected chi connectivity index (χ3v) is 11.4. The number of phenolic OH excluding ortho intramolecular Hbond substituents is 2. The standard InChI is InChI=1S/C35H37N3O4S/c1-35-16-15-26-27(29(35)13-14-32(35)41)12-9-22-19-31(40)23(17-28(22)26)18-30(21-7-10-25(39)11-8-21)36-37-34-38(33(42)20-43-34)24-5-3-2-4-6-24/h2-8,10-11,17,19,26-27,29,32,39-41H,9,12-16,18,20H2,1H3/b36-30-,37-34+/t26-,27+,29-,32-,35-/m0/s1. The SMILES string of the molecule is C[C@]12CC[C@@H]3c4cc(C/C(=N/N=C5/SCC(=O)N5c5ccccc5)c5ccc(O)cc5)c(O)cc4CC[C@H]3[C@@H]1CC[C@@H]2O. The Morgan fingerprint density at radius 2 is 1.81 bits per heavy atom. The number of thioether (sulfide) groups is 1. The molecule has 3 aromatic rings. The highest BCUT2D eigenvalue weighted by Gasteiger charge is 2.54. The number of fused-ring (bicyclic) bond motifs is 5. The second-order valence-electron chi connectivity index (χ2n) is 12.7. The molecule has 3 fully saturated rings. The van der Waals surface area contributed by atoms with Crippen molar-refractivity contribution in [3.63, 3.8) is 0 Å². The number of anilines is 1. The Hall–Kier alpha value is -3.62. The smallest absolute Gasteiger partial charge is 0.243 e. The monoisotopic (exact) mass is 595 g/mol. The Balaban J connectivity index is 1.23. The van der Waals surface area contributed by atoms with Crippen molar-refractivity contribution in [2.24, 2.45) is 27.5 Å². The molecule has 1 heterocycles. The zero-order valence-electron chi connectivity index (χ0n) is 24.3. The Morgan fingerprint density at radius 1 is 1.02 bits per heavy atom. The Bertz CT molecular complexity index is 1610. The van der Waals surface area contributed by atoms with Crippen LogP contribution in [0.25, 0.3) is 0 Å². The minimum atomic E-state index is -0.202. The number of amidine groups is 1. The Labute approximate surface area is 256 Å². The number of aryl methyl sites for hydroxylation is 1. The summed E-state index contributed by atoms with van der Waals surface area (Å²) in [4.78, 5) is 14.3. The summed E-state index contributed by atoms with van der Waals surface area (Å²) in [6.07, 6.45) is 6.28. The van der Waals surface area contributed by atoms with Crippen molar-refractivity contribution < 1.29 is 20.1 Å². The molecule has 7 rings (SSSR count). The summed E-state index contributed by atoms with van der Waals surface area (Å²) in [5.41, 5.74) is 5.54. The van der Waals surface area contributed by atoms with Crippen molar-refractivity contribution in [1.82, 2.24) is 0 Å². The van der Waals surface area contributed by atoms with Crippen LogP contribution < -0.4 is 4.90 Å². The third-order valence-electron chi connectivity index (χ3n) is 10.5. The second-order valence-corrected chi connectivity index (χ2v) is 13.7. The topological polar surface area (TPSA) is 106 Å². The minimum Gasteiger partial charge on any atom is -0.508 e. The van der Waals surface area contributed by atoms with Crippen LogP contribution >= 0.6 is 11.8 Å². The van der Waals surface area contributed by atoms with E-state index in [9.17, 15) is 20.1 Å². The van der Waals surface area contributed by atoms with Gasteiger partial charge in [-0.2, -0.15) is 5.10 Å². The van der Waals surface area contributed by atoms with E-state index in [1.807, 2.05) is 36.4 Å². The number of benzene rings is 3. The average Bonchev–Trinajstić information content (AvgIpc) is 3.54. The van der Waals surface area contributed by atoms with Crippen LogP contribution in [0.1, 0.15) is 67.2 Å². The molecule has 5 atom stereocenters. The van der Waals surface area contributed by atoms with Gasteiger partial charge in [-0.3, -0.25) is 9.69 Å². The summed E-state index contributed by atoms with van der Waals surface area (Å²) < 4.78 is 0. The highest BCUT2D eigenvalue weighted by atomic mass is 32.2. The molecule has 3 aromatic carbocycles. The van der Waals surface area contributed by atoms with E-state index >= 15 is 0 Å². The van der Waals surface area contributed by atoms with E-state index in [1.54, 1.807) is 29.2 Å². The molecule has 0 spiro atoms. The lowest BCUT2D eigenvalue weighted by Gasteiger charge is -2.50. The van der Waals surface area contributed by atoms with Crippen LogP contribution in [0.4, 0.5) is 5.69 Å². The molecule has 1 saturated heterocycles. The Morgan fingerprint density at radius 3 is 2.60 bits per heavy atom. The van der Waals surface area contributed by atoms with Crippen LogP contribution in [-0.4, -0.2) is 44.0 Å². The molecule has 1 aliphatic heterocycles. The number of hydrogen-bond acceptors (Lipinski definition) is 7. The molecule has 8 heteroatoms. The maximum atomic E-state index is 12.7. The van der Waals surface area contributed by atoms with Gasteiger partial charge >= 0.3 is 0 Å². The lowest BCUT2D eigenvalue weighted by atomic mass is 9.55. The number of carbonyl (C=O) groups is 1. The summed E-state index contributed by atoms with van der Waals surface area (Å²) in [5.74, 6) is 2.19. The molecule has 43 heavy (non-hydrogen) atoms. The van der Waals surface area contributed by atoms with Crippen LogP contribution in [0.5, 0.6) is 11.5 Å². The largest absolute Gasteiger partial charge is 0.508 e. The molecule has 1 amide bonds. The van der Waals surface area contributed by atoms with Crippen molar-refractivity contribution in [1.29, 1.82) is 0 Å². The van der Waals surface area contributed by atoms with Gasteiger partial charge in [-0.1, -0.05) is 43.0 Å². The van der Waals surface area contributed by atoms with Gasteiger partial charge in [-0.05, 0) is 121 Å². The number of phenols is 2. The van der Waals surface area contributed by atoms with Crippen molar-refractivity contribution >= 4 is 34.2 Å². The molecule has 0 aromatic heterocycles. The van der Waals surface area contributed by atoms with Crippen LogP contribution in [0, 0.1) is 17.3 Å². The zero-order chi connectivity index (χ0) is 29.7. The number of aliphatic hydroxyl groups excluding tert-OH is 1. The second kappa shape index (κ2) is 11.1. The molecular formula is C35H37N3O4S. The molecule has 0 bridgehead atoms. The number of carbonyl (C=O) groups excluding carboxylic acids is 1. The van der Waals surface area contributed by atoms with Gasteiger partial charge in [0.25, 0.3) is 0 Å². The van der Waals surface area contributed by atoms with Gasteiger partial charge in [-0.25, -0.2) is 0 Å². The molecule has 0 unspecified atom stereocenters. The minimum absolute atomic E-state index is 0.0174. The molecule has 4 aliphatic rings. The summed E-state index contributed by atoms with van der Waals surface area (Å²) >= 11 is 1.35. The average molecular weight is 596 g/mol. The number of amides is 1. The lowest BCUT2D eigenvalue weighted by molar-refractivity contribution is -0.115. The summed E-state index contributed by atoms with van der Waals surface area (Å²) in [6.45, 7) is 2.29. The number of aliphatic hydroxyl groups is 1. The Kier molecular flexibility index (Phi) is 7.30. The van der Waals surface area contributed by atoms with Crippen molar-refractivity contribution in [2.75, 3.05) is 10.7 Å². The quantitative estimate of drug-likeness (QED) is 0.234. The summed E-state index contributed by atoms with van der Waals surface area (Å²) in [5, 5.41) is 41.7. The molecular weight excluding hydrogens is 558 g/mol. The molecule has 0 radical (unpaired) electrons. The number of rotatable bonds is 5. The van der Waals surface area contributed by atoms with E-state index in [-0.39, 0.29) is 28.9 Å². The molecule has 3 aliphatic carbocycles. The van der Waals surface area contributed by atoms with Crippen LogP contribution in [0.15, 0.2) is 76.9 Å². The van der Waals surface area contributed by atoms with E-state index in [0.717, 1.165) is 55.3 Å². The number of nitrogens with zero attached hydrogens (tertiary/aromatic N) is 3. The van der Waals surface area contributed by atoms with Gasteiger partial charge in [0, 0.05) is 12.0 Å². The zero-order valence-corrected chi connectivity index (χ0v) is 25.1. The maximum absolute atomic E-state index is 12.7. The lowest BCUT2D eigenvalue weighted by Crippen LogP contribution is -2.43. The first-order valence-corrected chi connectivity index (χ1v) is 16.3. The van der Waals surface area contributed by atoms with Gasteiger partial charge in [0.15, 0.2) is 5.17 Å². The van der Waals surface area contributed by atoms with Crippen LogP contribution in [0.3, 0.4) is 0 Å². The molecule has 222 valence electrons. The first-order chi connectivity index (χ1) is 20.8. The maximum Gasteiger partial charge on any atom is 0.243 e. The fourth-order valence-corrected chi connectivity index (χ4v) is 8.99. The van der Waals surface area contributed by atoms with E-state index in [0.29, 0.717) is 40.8 Å². The van der Waals surface area contributed by atoms with E-state index < -0.39 is 0 Å². The summed E-state index contributed by atoms with van der Waals surface area (Å²) in [7, 11) is 0. The van der Waals surface area contributed by atoms with Crippen LogP contribution in [0.2, 0.25) is 0 Å². The summed E-state index contributed by atoms with van der Waals surface area (Å²) in [6, 6.07) is 20.4. The van der Waals surface area contributed by atoms with Crippen molar-refractivity contribution in [3.8, 4) is 11.5 Å². The third kappa shape index (κ3) is 5.04. The van der Waals surface area contributed by atoms with Crippen LogP contribution in [-0.2, 0) is 17.6 Å². The van der Waals surface area contributed by atoms with Crippen molar-refractivity contribution in [2.45, 2.75) is 63.9 Å². The predicted octanol–water partition coefficient (Wildman–Crippen LogP) is 6.40. The van der Waals surface area contributed by atoms with Gasteiger partial charge in [0.2, 0.25) is 5.91 Å². The van der Waals surface area contributed by atoms with E-state index in [2.05, 4.69) is 23.2 Å². The number of para-hydroxylation sites is 1. The fourth-order valence-electron chi connectivity index (χ4n) is 8.17. The number of hydrogen-bond donors (Lipinski definition) is 3. The molecule has 2 saturated carbocycles. The van der Waals surface area contributed by atoms with Gasteiger partial charge < -0.3 is 15.3 Å². The van der Waals surface area contributed by atoms with Gasteiger partial charge in [0.1, 0.15) is 11.5 Å². The highest BCUT2D eigenvalue weighted by Crippen LogP contribution is 2.61. The number of aromatic hydroxyl groups is 2. The predicted molar refractivity (Wildman–Crippen MR) is 171 cm³/mol. The molecule has 7 nitrogen and oxygen atoms in total. The van der Waals surface area contributed by atoms with E-state index in [1.165, 1.54) is 22.9 Å². The van der Waals surface area contributed by atoms with E-state index in [4.69, 9.17) is 0 Å². The normalized spacial score (nSPS) is 29.4. The van der Waals surface area contributed by atoms with Gasteiger partial charge in [-0.15, -0.1) is 5.10 Å². The first-order valence-electron chi connectivity index (χ1n) is 15.3. The fraction of sp³-hybridized carbons (Fsp3) is 0.400. The van der Waals surface area contributed by atoms with Gasteiger partial charge in [0.05, 0.1) is 23.3 Å². The molecule has 3 N–H and O–H groups in total. The highest BCUT2D eigenvalue weighted by molar-refractivity contribution is 8.15. The van der Waals surface area contributed by atoms with Crippen molar-refractivity contribution in [3.05, 3.63) is 89.0 Å². The first kappa shape index (κ1) is 28.2.